The summed E-state index contributed by atoms with van der Waals surface area (Å²) in [5.41, 5.74) is 2.16. The SMILES string of the molecule is CCNC(=NCc1csc(-c2ccccc2)n1)NCCc1cccs1.I. The molecule has 0 aliphatic carbocycles. The van der Waals surface area contributed by atoms with Crippen molar-refractivity contribution in [3.05, 3.63) is 63.8 Å². The second kappa shape index (κ2) is 11.3. The second-order valence-corrected chi connectivity index (χ2v) is 7.35. The van der Waals surface area contributed by atoms with Gasteiger partial charge in [-0.25, -0.2) is 9.98 Å². The van der Waals surface area contributed by atoms with Gasteiger partial charge >= 0.3 is 0 Å². The molecule has 4 nitrogen and oxygen atoms in total. The topological polar surface area (TPSA) is 49.3 Å². The van der Waals surface area contributed by atoms with E-state index in [1.54, 1.807) is 22.7 Å². The Kier molecular flexibility index (Phi) is 9.07. The third-order valence-electron chi connectivity index (χ3n) is 3.56. The monoisotopic (exact) mass is 498 g/mol. The molecular formula is C19H23IN4S2. The molecule has 2 heterocycles. The van der Waals surface area contributed by atoms with Crippen molar-refractivity contribution in [3.63, 3.8) is 0 Å². The fraction of sp³-hybridized carbons (Fsp3) is 0.263. The van der Waals surface area contributed by atoms with Crippen molar-refractivity contribution < 1.29 is 0 Å². The smallest absolute Gasteiger partial charge is 0.191 e. The lowest BCUT2D eigenvalue weighted by atomic mass is 10.2. The van der Waals surface area contributed by atoms with Gasteiger partial charge in [-0.2, -0.15) is 0 Å². The largest absolute Gasteiger partial charge is 0.357 e. The molecule has 0 bridgehead atoms. The minimum Gasteiger partial charge on any atom is -0.357 e. The summed E-state index contributed by atoms with van der Waals surface area (Å²) in [5, 5.41) is 11.9. The average Bonchev–Trinajstić information content (AvgIpc) is 3.32. The number of rotatable bonds is 7. The van der Waals surface area contributed by atoms with E-state index < -0.39 is 0 Å². The van der Waals surface area contributed by atoms with Gasteiger partial charge in [-0.1, -0.05) is 36.4 Å². The van der Waals surface area contributed by atoms with Crippen LogP contribution in [0.5, 0.6) is 0 Å². The van der Waals surface area contributed by atoms with E-state index in [4.69, 9.17) is 4.98 Å². The highest BCUT2D eigenvalue weighted by atomic mass is 127. The van der Waals surface area contributed by atoms with E-state index in [0.29, 0.717) is 6.54 Å². The molecule has 26 heavy (non-hydrogen) atoms. The van der Waals surface area contributed by atoms with Gasteiger partial charge in [-0.15, -0.1) is 46.7 Å². The lowest BCUT2D eigenvalue weighted by Crippen LogP contribution is -2.38. The first-order chi connectivity index (χ1) is 12.3. The molecule has 3 aromatic rings. The molecule has 0 unspecified atom stereocenters. The first-order valence-electron chi connectivity index (χ1n) is 8.39. The summed E-state index contributed by atoms with van der Waals surface area (Å²) in [6.07, 6.45) is 1.01. The number of thiazole rings is 1. The van der Waals surface area contributed by atoms with Gasteiger partial charge < -0.3 is 10.6 Å². The molecule has 0 aliphatic heterocycles. The van der Waals surface area contributed by atoms with Crippen LogP contribution in [-0.2, 0) is 13.0 Å². The Morgan fingerprint density at radius 2 is 1.92 bits per heavy atom. The third kappa shape index (κ3) is 6.37. The Morgan fingerprint density at radius 1 is 1.08 bits per heavy atom. The molecule has 3 rings (SSSR count). The van der Waals surface area contributed by atoms with Gasteiger partial charge in [0.1, 0.15) is 5.01 Å². The predicted molar refractivity (Wildman–Crippen MR) is 124 cm³/mol. The molecule has 0 radical (unpaired) electrons. The standard InChI is InChI=1S/C19H22N4S2.HI/c1-2-20-19(21-11-10-17-9-6-12-24-17)22-13-16-14-25-18(23-16)15-7-4-3-5-8-15;/h3-9,12,14H,2,10-11,13H2,1H3,(H2,20,21,22);1H. The number of aliphatic imine (C=N–C) groups is 1. The number of guanidine groups is 1. The van der Waals surface area contributed by atoms with Gasteiger partial charge in [-0.05, 0) is 24.8 Å². The highest BCUT2D eigenvalue weighted by Crippen LogP contribution is 2.23. The number of nitrogens with one attached hydrogen (secondary N) is 2. The van der Waals surface area contributed by atoms with Crippen LogP contribution in [0.4, 0.5) is 0 Å². The minimum atomic E-state index is 0. The number of halogens is 1. The van der Waals surface area contributed by atoms with Gasteiger partial charge in [0.25, 0.3) is 0 Å². The Hall–Kier alpha value is -1.45. The van der Waals surface area contributed by atoms with E-state index in [0.717, 1.165) is 41.7 Å². The molecule has 0 atom stereocenters. The van der Waals surface area contributed by atoms with E-state index >= 15 is 0 Å². The van der Waals surface area contributed by atoms with Gasteiger partial charge in [0, 0.05) is 28.9 Å². The number of hydrogen-bond acceptors (Lipinski definition) is 4. The Labute approximate surface area is 179 Å². The molecule has 0 aliphatic rings. The van der Waals surface area contributed by atoms with Crippen molar-refractivity contribution >= 4 is 52.6 Å². The molecule has 2 aromatic heterocycles. The first-order valence-corrected chi connectivity index (χ1v) is 10.2. The number of nitrogens with zero attached hydrogens (tertiary/aromatic N) is 2. The third-order valence-corrected chi connectivity index (χ3v) is 5.44. The maximum atomic E-state index is 4.69. The number of hydrogen-bond donors (Lipinski definition) is 2. The van der Waals surface area contributed by atoms with Crippen LogP contribution in [0.3, 0.4) is 0 Å². The van der Waals surface area contributed by atoms with Crippen LogP contribution in [0.2, 0.25) is 0 Å². The summed E-state index contributed by atoms with van der Waals surface area (Å²) in [4.78, 5) is 10.7. The zero-order chi connectivity index (χ0) is 17.3. The van der Waals surface area contributed by atoms with Gasteiger partial charge in [0.15, 0.2) is 5.96 Å². The van der Waals surface area contributed by atoms with Crippen molar-refractivity contribution in [3.8, 4) is 10.6 Å². The number of benzene rings is 1. The van der Waals surface area contributed by atoms with E-state index in [-0.39, 0.29) is 24.0 Å². The van der Waals surface area contributed by atoms with Crippen LogP contribution in [0.25, 0.3) is 10.6 Å². The molecule has 0 saturated heterocycles. The zero-order valence-electron chi connectivity index (χ0n) is 14.6. The maximum absolute atomic E-state index is 4.69. The zero-order valence-corrected chi connectivity index (χ0v) is 18.6. The lowest BCUT2D eigenvalue weighted by Gasteiger charge is -2.10. The van der Waals surface area contributed by atoms with Crippen LogP contribution in [0.15, 0.2) is 58.2 Å². The molecule has 138 valence electrons. The van der Waals surface area contributed by atoms with E-state index in [1.807, 2.05) is 18.2 Å². The molecule has 0 fully saturated rings. The maximum Gasteiger partial charge on any atom is 0.191 e. The van der Waals surface area contributed by atoms with Crippen LogP contribution in [-0.4, -0.2) is 24.0 Å². The molecular weight excluding hydrogens is 475 g/mol. The van der Waals surface area contributed by atoms with Crippen molar-refractivity contribution in [1.82, 2.24) is 15.6 Å². The first kappa shape index (κ1) is 20.9. The van der Waals surface area contributed by atoms with Gasteiger partial charge in [-0.3, -0.25) is 0 Å². The van der Waals surface area contributed by atoms with Crippen LogP contribution >= 0.6 is 46.7 Å². The fourth-order valence-corrected chi connectivity index (χ4v) is 3.88. The minimum absolute atomic E-state index is 0. The Balaban J connectivity index is 0.00000243. The summed E-state index contributed by atoms with van der Waals surface area (Å²) in [6, 6.07) is 14.5. The van der Waals surface area contributed by atoms with E-state index in [9.17, 15) is 0 Å². The van der Waals surface area contributed by atoms with Gasteiger partial charge in [0.2, 0.25) is 0 Å². The van der Waals surface area contributed by atoms with E-state index in [2.05, 4.69) is 57.6 Å². The molecule has 0 amide bonds. The Bertz CT molecular complexity index is 785. The van der Waals surface area contributed by atoms with Crippen molar-refractivity contribution in [2.75, 3.05) is 13.1 Å². The summed E-state index contributed by atoms with van der Waals surface area (Å²) in [5.74, 6) is 0.841. The van der Waals surface area contributed by atoms with Gasteiger partial charge in [0.05, 0.1) is 12.2 Å². The highest BCUT2D eigenvalue weighted by Gasteiger charge is 2.04. The molecule has 0 saturated carbocycles. The molecule has 2 N–H and O–H groups in total. The van der Waals surface area contributed by atoms with Crippen molar-refractivity contribution in [2.45, 2.75) is 19.9 Å². The quantitative estimate of drug-likeness (QED) is 0.280. The number of aromatic nitrogens is 1. The van der Waals surface area contributed by atoms with E-state index in [1.165, 1.54) is 4.88 Å². The normalized spacial score (nSPS) is 11.0. The predicted octanol–water partition coefficient (Wildman–Crippen LogP) is 4.79. The summed E-state index contributed by atoms with van der Waals surface area (Å²) in [7, 11) is 0. The summed E-state index contributed by atoms with van der Waals surface area (Å²) < 4.78 is 0. The highest BCUT2D eigenvalue weighted by molar-refractivity contribution is 14.0. The van der Waals surface area contributed by atoms with Crippen LogP contribution in [0, 0.1) is 0 Å². The second-order valence-electron chi connectivity index (χ2n) is 5.46. The Morgan fingerprint density at radius 3 is 2.65 bits per heavy atom. The fourth-order valence-electron chi connectivity index (χ4n) is 2.35. The van der Waals surface area contributed by atoms with Crippen LogP contribution < -0.4 is 10.6 Å². The summed E-state index contributed by atoms with van der Waals surface area (Å²) in [6.45, 7) is 4.38. The molecule has 1 aromatic carbocycles. The van der Waals surface area contributed by atoms with Crippen LogP contribution in [0.1, 0.15) is 17.5 Å². The van der Waals surface area contributed by atoms with Crippen molar-refractivity contribution in [1.29, 1.82) is 0 Å². The number of thiophene rings is 1. The van der Waals surface area contributed by atoms with Crippen molar-refractivity contribution in [2.24, 2.45) is 4.99 Å². The molecule has 7 heteroatoms. The average molecular weight is 498 g/mol. The lowest BCUT2D eigenvalue weighted by molar-refractivity contribution is 0.802. The molecule has 0 spiro atoms. The summed E-state index contributed by atoms with van der Waals surface area (Å²) >= 11 is 3.45.